The van der Waals surface area contributed by atoms with Crippen LogP contribution < -0.4 is 9.86 Å². The van der Waals surface area contributed by atoms with Gasteiger partial charge in [0.15, 0.2) is 0 Å². The predicted octanol–water partition coefficient (Wildman–Crippen LogP) is 0.427. The van der Waals surface area contributed by atoms with Gasteiger partial charge in [0.05, 0.1) is 16.4 Å². The minimum atomic E-state index is -3.84. The number of nitrogens with one attached hydrogen (secondary N) is 1. The van der Waals surface area contributed by atoms with Crippen LogP contribution in [0.3, 0.4) is 0 Å². The maximum atomic E-state index is 12.2. The van der Waals surface area contributed by atoms with E-state index < -0.39 is 20.0 Å². The Labute approximate surface area is 125 Å². The molecule has 0 bridgehead atoms. The Balaban J connectivity index is 2.97. The molecule has 0 spiro atoms. The Hall–Kier alpha value is -1.00. The number of rotatable bonds is 8. The van der Waals surface area contributed by atoms with Gasteiger partial charge < -0.3 is 4.74 Å². The van der Waals surface area contributed by atoms with Gasteiger partial charge in [-0.25, -0.2) is 26.7 Å². The van der Waals surface area contributed by atoms with E-state index in [-0.39, 0.29) is 22.4 Å². The molecule has 0 aliphatic rings. The van der Waals surface area contributed by atoms with E-state index in [0.717, 1.165) is 18.6 Å². The first kappa shape index (κ1) is 18.1. The fourth-order valence-electron chi connectivity index (χ4n) is 1.82. The van der Waals surface area contributed by atoms with Crippen LogP contribution >= 0.6 is 0 Å². The molecule has 0 aromatic heterocycles. The van der Waals surface area contributed by atoms with E-state index >= 15 is 0 Å². The van der Waals surface area contributed by atoms with Gasteiger partial charge in [-0.05, 0) is 30.7 Å². The number of benzene rings is 1. The monoisotopic (exact) mass is 336 g/mol. The molecule has 1 aromatic rings. The first-order chi connectivity index (χ1) is 9.70. The van der Waals surface area contributed by atoms with Crippen molar-refractivity contribution in [3.63, 3.8) is 0 Å². The van der Waals surface area contributed by atoms with E-state index in [2.05, 4.69) is 4.72 Å². The number of methoxy groups -OCH3 is 1. The van der Waals surface area contributed by atoms with Gasteiger partial charge in [-0.15, -0.1) is 0 Å². The Morgan fingerprint density at radius 2 is 1.67 bits per heavy atom. The summed E-state index contributed by atoms with van der Waals surface area (Å²) >= 11 is 0. The van der Waals surface area contributed by atoms with E-state index in [4.69, 9.17) is 9.88 Å². The summed E-state index contributed by atoms with van der Waals surface area (Å²) in [6.07, 6.45) is 1.45. The molecule has 0 saturated heterocycles. The molecule has 120 valence electrons. The lowest BCUT2D eigenvalue weighted by molar-refractivity contribution is 0.171. The summed E-state index contributed by atoms with van der Waals surface area (Å²) in [5.41, 5.74) is 0. The zero-order valence-electron chi connectivity index (χ0n) is 11.9. The molecule has 0 aliphatic carbocycles. The van der Waals surface area contributed by atoms with Gasteiger partial charge in [-0.2, -0.15) is 0 Å². The lowest BCUT2D eigenvalue weighted by atomic mass is 10.2. The van der Waals surface area contributed by atoms with Crippen LogP contribution in [-0.4, -0.2) is 36.6 Å². The van der Waals surface area contributed by atoms with Crippen LogP contribution in [0.2, 0.25) is 0 Å². The fourth-order valence-corrected chi connectivity index (χ4v) is 3.59. The average molecular weight is 336 g/mol. The van der Waals surface area contributed by atoms with Gasteiger partial charge in [-0.1, -0.05) is 13.3 Å². The van der Waals surface area contributed by atoms with Crippen LogP contribution in [0.1, 0.15) is 19.8 Å². The van der Waals surface area contributed by atoms with E-state index in [0.29, 0.717) is 6.42 Å². The van der Waals surface area contributed by atoms with Crippen molar-refractivity contribution >= 4 is 20.0 Å². The van der Waals surface area contributed by atoms with Crippen molar-refractivity contribution in [3.8, 4) is 0 Å². The number of ether oxygens (including phenoxy) is 1. The quantitative estimate of drug-likeness (QED) is 0.714. The fraction of sp³-hybridized carbons (Fsp3) is 0.500. The highest BCUT2D eigenvalue weighted by Crippen LogP contribution is 2.14. The van der Waals surface area contributed by atoms with Crippen molar-refractivity contribution in [3.05, 3.63) is 24.3 Å². The second kappa shape index (κ2) is 7.32. The SMILES string of the molecule is CCCC(COC)NS(=O)(=O)c1ccc(S(N)(=O)=O)cc1. The highest BCUT2D eigenvalue weighted by Gasteiger charge is 2.20. The topological polar surface area (TPSA) is 116 Å². The number of sulfonamides is 2. The molecule has 3 N–H and O–H groups in total. The van der Waals surface area contributed by atoms with E-state index in [1.807, 2.05) is 6.92 Å². The molecule has 1 atom stereocenters. The highest BCUT2D eigenvalue weighted by atomic mass is 32.2. The number of primary sulfonamides is 1. The number of hydrogen-bond acceptors (Lipinski definition) is 5. The molecule has 0 aliphatic heterocycles. The van der Waals surface area contributed by atoms with Crippen LogP contribution in [0.5, 0.6) is 0 Å². The average Bonchev–Trinajstić information content (AvgIpc) is 2.38. The van der Waals surface area contributed by atoms with Crippen LogP contribution in [0.25, 0.3) is 0 Å². The first-order valence-electron chi connectivity index (χ1n) is 6.35. The zero-order valence-corrected chi connectivity index (χ0v) is 13.6. The Morgan fingerprint density at radius 1 is 1.14 bits per heavy atom. The van der Waals surface area contributed by atoms with Crippen molar-refractivity contribution in [1.82, 2.24) is 4.72 Å². The number of hydrogen-bond donors (Lipinski definition) is 2. The first-order valence-corrected chi connectivity index (χ1v) is 9.37. The second-order valence-corrected chi connectivity index (χ2v) is 7.85. The van der Waals surface area contributed by atoms with Gasteiger partial charge in [0.25, 0.3) is 0 Å². The minimum Gasteiger partial charge on any atom is -0.383 e. The molecule has 1 rings (SSSR count). The molecule has 0 saturated carbocycles. The van der Waals surface area contributed by atoms with Gasteiger partial charge in [0, 0.05) is 13.2 Å². The molecular weight excluding hydrogens is 316 g/mol. The van der Waals surface area contributed by atoms with Gasteiger partial charge in [0.1, 0.15) is 0 Å². The van der Waals surface area contributed by atoms with Gasteiger partial charge >= 0.3 is 0 Å². The van der Waals surface area contributed by atoms with Crippen LogP contribution in [0, 0.1) is 0 Å². The summed E-state index contributed by atoms with van der Waals surface area (Å²) < 4.78 is 54.2. The zero-order chi connectivity index (χ0) is 16.1. The van der Waals surface area contributed by atoms with E-state index in [1.54, 1.807) is 0 Å². The third-order valence-corrected chi connectivity index (χ3v) is 5.26. The highest BCUT2D eigenvalue weighted by molar-refractivity contribution is 7.89. The molecule has 0 fully saturated rings. The smallest absolute Gasteiger partial charge is 0.240 e. The molecule has 1 aromatic carbocycles. The van der Waals surface area contributed by atoms with Crippen molar-refractivity contribution in [2.24, 2.45) is 5.14 Å². The predicted molar refractivity (Wildman–Crippen MR) is 78.7 cm³/mol. The minimum absolute atomic E-state index is 0.0212. The normalized spacial score (nSPS) is 14.0. The third-order valence-electron chi connectivity index (χ3n) is 2.79. The maximum absolute atomic E-state index is 12.2. The van der Waals surface area contributed by atoms with Gasteiger partial charge in [0.2, 0.25) is 20.0 Å². The van der Waals surface area contributed by atoms with E-state index in [9.17, 15) is 16.8 Å². The second-order valence-electron chi connectivity index (χ2n) is 4.58. The maximum Gasteiger partial charge on any atom is 0.240 e. The summed E-state index contributed by atoms with van der Waals surface area (Å²) in [6.45, 7) is 2.21. The summed E-state index contributed by atoms with van der Waals surface area (Å²) in [6, 6.07) is 4.41. The molecule has 9 heteroatoms. The molecule has 0 radical (unpaired) electrons. The van der Waals surface area contributed by atoms with Crippen molar-refractivity contribution in [2.75, 3.05) is 13.7 Å². The molecule has 0 heterocycles. The lowest BCUT2D eigenvalue weighted by Crippen LogP contribution is -2.37. The van der Waals surface area contributed by atoms with Gasteiger partial charge in [-0.3, -0.25) is 0 Å². The molecule has 0 amide bonds. The lowest BCUT2D eigenvalue weighted by Gasteiger charge is -2.17. The van der Waals surface area contributed by atoms with Crippen LogP contribution in [-0.2, 0) is 24.8 Å². The van der Waals surface area contributed by atoms with Crippen molar-refractivity contribution in [1.29, 1.82) is 0 Å². The summed E-state index contributed by atoms with van der Waals surface area (Å²) in [7, 11) is -6.07. The Morgan fingerprint density at radius 3 is 2.10 bits per heavy atom. The summed E-state index contributed by atoms with van der Waals surface area (Å²) in [4.78, 5) is -0.157. The van der Waals surface area contributed by atoms with Crippen LogP contribution in [0.15, 0.2) is 34.1 Å². The van der Waals surface area contributed by atoms with Crippen molar-refractivity contribution < 1.29 is 21.6 Å². The third kappa shape index (κ3) is 5.36. The molecule has 21 heavy (non-hydrogen) atoms. The largest absolute Gasteiger partial charge is 0.383 e. The summed E-state index contributed by atoms with van der Waals surface area (Å²) in [5.74, 6) is 0. The Bertz CT molecular complexity index is 647. The Kier molecular flexibility index (Phi) is 6.29. The summed E-state index contributed by atoms with van der Waals surface area (Å²) in [5, 5.41) is 4.97. The standard InChI is InChI=1S/C12H20N2O5S2/c1-3-4-10(9-19-2)14-21(17,18)12-7-5-11(6-8-12)20(13,15)16/h5-8,10,14H,3-4,9H2,1-2H3,(H2,13,15,16). The molecule has 1 unspecified atom stereocenters. The molecular formula is C12H20N2O5S2. The van der Waals surface area contributed by atoms with Crippen molar-refractivity contribution in [2.45, 2.75) is 35.6 Å². The number of nitrogens with two attached hydrogens (primary N) is 1. The molecule has 7 nitrogen and oxygen atoms in total. The van der Waals surface area contributed by atoms with E-state index in [1.165, 1.54) is 19.2 Å². The van der Waals surface area contributed by atoms with Crippen LogP contribution in [0.4, 0.5) is 0 Å².